The van der Waals surface area contributed by atoms with E-state index in [0.29, 0.717) is 18.4 Å². The lowest BCUT2D eigenvalue weighted by molar-refractivity contribution is 0.118. The second-order valence-corrected chi connectivity index (χ2v) is 8.38. The fourth-order valence-electron chi connectivity index (χ4n) is 3.15. The number of nitrogens with zero attached hydrogens (tertiary/aromatic N) is 2. The predicted octanol–water partition coefficient (Wildman–Crippen LogP) is 4.26. The molecule has 3 unspecified atom stereocenters. The number of carbonyl (C=O) groups excluding carboxylic acids is 1. The maximum absolute atomic E-state index is 12.6. The van der Waals surface area contributed by atoms with Gasteiger partial charge in [-0.2, -0.15) is 0 Å². The van der Waals surface area contributed by atoms with E-state index in [1.54, 1.807) is 16.2 Å². The first-order valence-electron chi connectivity index (χ1n) is 8.97. The van der Waals surface area contributed by atoms with Crippen molar-refractivity contribution in [2.24, 2.45) is 5.92 Å². The highest BCUT2D eigenvalue weighted by molar-refractivity contribution is 7.11. The molecule has 1 aromatic rings. The number of ether oxygens (including phenoxy) is 1. The zero-order valence-electron chi connectivity index (χ0n) is 16.3. The van der Waals surface area contributed by atoms with Crippen molar-refractivity contribution in [2.45, 2.75) is 59.1 Å². The number of amides is 2. The van der Waals surface area contributed by atoms with Crippen LogP contribution in [-0.4, -0.2) is 42.2 Å². The monoisotopic (exact) mass is 365 g/mol. The van der Waals surface area contributed by atoms with Crippen molar-refractivity contribution in [3.05, 3.63) is 27.7 Å². The highest BCUT2D eigenvalue weighted by atomic mass is 32.1. The topological polar surface area (TPSA) is 54.5 Å². The lowest BCUT2D eigenvalue weighted by Crippen LogP contribution is -2.42. The van der Waals surface area contributed by atoms with Crippen molar-refractivity contribution in [3.8, 4) is 0 Å². The quantitative estimate of drug-likeness (QED) is 0.767. The summed E-state index contributed by atoms with van der Waals surface area (Å²) in [5.41, 5.74) is 2.05. The van der Waals surface area contributed by atoms with Crippen LogP contribution in [0.15, 0.2) is 12.2 Å². The molecule has 1 saturated heterocycles. The molecule has 1 fully saturated rings. The van der Waals surface area contributed by atoms with E-state index in [-0.39, 0.29) is 18.2 Å². The van der Waals surface area contributed by atoms with Gasteiger partial charge in [-0.25, -0.2) is 9.78 Å². The van der Waals surface area contributed by atoms with Gasteiger partial charge < -0.3 is 15.0 Å². The molecule has 0 aromatic carbocycles. The maximum Gasteiger partial charge on any atom is 0.317 e. The summed E-state index contributed by atoms with van der Waals surface area (Å²) >= 11 is 1.70. The van der Waals surface area contributed by atoms with E-state index in [1.165, 1.54) is 0 Å². The highest BCUT2D eigenvalue weighted by Crippen LogP contribution is 2.32. The zero-order valence-corrected chi connectivity index (χ0v) is 17.1. The van der Waals surface area contributed by atoms with Crippen LogP contribution < -0.4 is 5.32 Å². The van der Waals surface area contributed by atoms with Crippen LogP contribution in [0, 0.1) is 12.8 Å². The van der Waals surface area contributed by atoms with Gasteiger partial charge in [0.05, 0.1) is 22.8 Å². The van der Waals surface area contributed by atoms with Crippen LogP contribution in [0.2, 0.25) is 0 Å². The summed E-state index contributed by atoms with van der Waals surface area (Å²) < 4.78 is 5.71. The first-order chi connectivity index (χ1) is 11.7. The molecule has 0 spiro atoms. The lowest BCUT2D eigenvalue weighted by Gasteiger charge is -2.26. The minimum absolute atomic E-state index is 0.00163. The van der Waals surface area contributed by atoms with Crippen molar-refractivity contribution < 1.29 is 9.53 Å². The van der Waals surface area contributed by atoms with Crippen molar-refractivity contribution >= 4 is 17.4 Å². The van der Waals surface area contributed by atoms with E-state index < -0.39 is 0 Å². The summed E-state index contributed by atoms with van der Waals surface area (Å²) in [5, 5.41) is 4.18. The average Bonchev–Trinajstić information content (AvgIpc) is 3.17. The zero-order chi connectivity index (χ0) is 18.7. The molecule has 140 valence electrons. The van der Waals surface area contributed by atoms with E-state index in [1.807, 2.05) is 20.9 Å². The fraction of sp³-hybridized carbons (Fsp3) is 0.684. The van der Waals surface area contributed by atoms with Crippen LogP contribution in [-0.2, 0) is 4.74 Å². The molecule has 6 heteroatoms. The van der Waals surface area contributed by atoms with Crippen molar-refractivity contribution in [1.29, 1.82) is 0 Å². The number of hydrogen-bond donors (Lipinski definition) is 1. The third-order valence-electron chi connectivity index (χ3n) is 4.84. The van der Waals surface area contributed by atoms with E-state index >= 15 is 0 Å². The van der Waals surface area contributed by atoms with Crippen molar-refractivity contribution in [1.82, 2.24) is 15.2 Å². The first-order valence-corrected chi connectivity index (χ1v) is 9.78. The average molecular weight is 366 g/mol. The molecule has 0 saturated carbocycles. The number of urea groups is 1. The van der Waals surface area contributed by atoms with Crippen molar-refractivity contribution in [2.75, 3.05) is 20.2 Å². The summed E-state index contributed by atoms with van der Waals surface area (Å²) in [7, 11) is 1.84. The molecule has 0 radical (unpaired) electrons. The standard InChI is InChI=1S/C19H31N3O2S/c1-11(2)16-15(8-9-24-16)10-20-19(23)22(7)14(6)17-13(5)21-18(25-17)12(3)4/h12,14-16H,1,8-10H2,2-7H3,(H,20,23). The van der Waals surface area contributed by atoms with Gasteiger partial charge in [0.2, 0.25) is 0 Å². The summed E-state index contributed by atoms with van der Waals surface area (Å²) in [4.78, 5) is 20.1. The molecule has 2 heterocycles. The summed E-state index contributed by atoms with van der Waals surface area (Å²) in [6.45, 7) is 15.7. The number of aromatic nitrogens is 1. The second kappa shape index (κ2) is 8.32. The third kappa shape index (κ3) is 4.61. The summed E-state index contributed by atoms with van der Waals surface area (Å²) in [6, 6.07) is -0.0551. The Morgan fingerprint density at radius 2 is 2.16 bits per heavy atom. The molecular weight excluding hydrogens is 334 g/mol. The van der Waals surface area contributed by atoms with Crippen LogP contribution in [0.3, 0.4) is 0 Å². The molecule has 3 atom stereocenters. The number of hydrogen-bond acceptors (Lipinski definition) is 4. The molecule has 1 aliphatic rings. The molecule has 25 heavy (non-hydrogen) atoms. The second-order valence-electron chi connectivity index (χ2n) is 7.32. The number of carbonyl (C=O) groups is 1. The molecule has 1 aromatic heterocycles. The van der Waals surface area contributed by atoms with Gasteiger partial charge in [-0.3, -0.25) is 0 Å². The molecule has 1 aliphatic heterocycles. The summed E-state index contributed by atoms with van der Waals surface area (Å²) in [5.74, 6) is 0.716. The number of rotatable bonds is 6. The molecular formula is C19H31N3O2S. The van der Waals surface area contributed by atoms with Gasteiger partial charge in [-0.05, 0) is 27.2 Å². The SMILES string of the molecule is C=C(C)C1OCCC1CNC(=O)N(C)C(C)c1sc(C(C)C)nc1C. The summed E-state index contributed by atoms with van der Waals surface area (Å²) in [6.07, 6.45) is 1.02. The molecule has 5 nitrogen and oxygen atoms in total. The van der Waals surface area contributed by atoms with Crippen LogP contribution in [0.5, 0.6) is 0 Å². The Hall–Kier alpha value is -1.40. The molecule has 1 N–H and O–H groups in total. The Morgan fingerprint density at radius 1 is 1.48 bits per heavy atom. The minimum atomic E-state index is -0.0567. The van der Waals surface area contributed by atoms with Crippen LogP contribution in [0.25, 0.3) is 0 Å². The van der Waals surface area contributed by atoms with E-state index in [2.05, 4.69) is 37.7 Å². The molecule has 2 amide bonds. The number of thiazole rings is 1. The van der Waals surface area contributed by atoms with Gasteiger partial charge in [0.15, 0.2) is 0 Å². The van der Waals surface area contributed by atoms with Gasteiger partial charge in [0.1, 0.15) is 0 Å². The van der Waals surface area contributed by atoms with Crippen LogP contribution >= 0.6 is 11.3 Å². The van der Waals surface area contributed by atoms with E-state index in [0.717, 1.165) is 34.2 Å². The molecule has 0 aliphatic carbocycles. The Labute approximate surface area is 155 Å². The van der Waals surface area contributed by atoms with Gasteiger partial charge in [0.25, 0.3) is 0 Å². The largest absolute Gasteiger partial charge is 0.374 e. The van der Waals surface area contributed by atoms with Gasteiger partial charge in [0, 0.05) is 36.9 Å². The molecule has 2 rings (SSSR count). The smallest absolute Gasteiger partial charge is 0.317 e. The Bertz CT molecular complexity index is 626. The Morgan fingerprint density at radius 3 is 2.72 bits per heavy atom. The minimum Gasteiger partial charge on any atom is -0.374 e. The van der Waals surface area contributed by atoms with Gasteiger partial charge in [-0.15, -0.1) is 11.3 Å². The van der Waals surface area contributed by atoms with E-state index in [9.17, 15) is 4.79 Å². The van der Waals surface area contributed by atoms with Gasteiger partial charge in [-0.1, -0.05) is 26.0 Å². The Balaban J connectivity index is 1.96. The highest BCUT2D eigenvalue weighted by Gasteiger charge is 2.30. The normalized spacial score (nSPS) is 21.4. The van der Waals surface area contributed by atoms with Crippen LogP contribution in [0.4, 0.5) is 4.79 Å². The van der Waals surface area contributed by atoms with Gasteiger partial charge >= 0.3 is 6.03 Å². The van der Waals surface area contributed by atoms with E-state index in [4.69, 9.17) is 4.74 Å². The van der Waals surface area contributed by atoms with Crippen LogP contribution in [0.1, 0.15) is 61.7 Å². The fourth-order valence-corrected chi connectivity index (χ4v) is 4.31. The third-order valence-corrected chi connectivity index (χ3v) is 6.47. The predicted molar refractivity (Wildman–Crippen MR) is 103 cm³/mol. The molecule has 0 bridgehead atoms. The Kier molecular flexibility index (Phi) is 6.63. The lowest BCUT2D eigenvalue weighted by atomic mass is 9.97. The number of aryl methyl sites for hydroxylation is 1. The maximum atomic E-state index is 12.6. The first kappa shape index (κ1) is 19.9. The number of nitrogens with one attached hydrogen (secondary N) is 1. The van der Waals surface area contributed by atoms with Crippen molar-refractivity contribution in [3.63, 3.8) is 0 Å².